The van der Waals surface area contributed by atoms with Crippen molar-refractivity contribution in [3.05, 3.63) is 59.7 Å². The van der Waals surface area contributed by atoms with E-state index in [1.165, 1.54) is 27.2 Å². The zero-order valence-electron chi connectivity index (χ0n) is 38.3. The molecule has 1 heterocycles. The first-order valence-electron chi connectivity index (χ1n) is 23.1. The molecule has 1 fully saturated rings. The molecule has 2 aromatic carbocycles. The summed E-state index contributed by atoms with van der Waals surface area (Å²) >= 11 is 0. The van der Waals surface area contributed by atoms with Crippen molar-refractivity contribution in [3.63, 3.8) is 0 Å². The van der Waals surface area contributed by atoms with Gasteiger partial charge in [-0.3, -0.25) is 0 Å². The standard InChI is InChI=1S/C47H76N2O15/c1-49(47(50)64-40-46-44-8-4-2-6-42(44)43-7-3-5-9-45(43)46)14-15-51-16-17-52-18-19-53-20-21-54-22-23-55-24-25-56-26-27-57-28-29-58-30-31-59-32-33-60-34-35-61-36-37-62-38-39-63-41-10-12-48-13-11-41/h2-9,41,46,48H,10-40H2,1H3. The molecule has 1 aliphatic carbocycles. The van der Waals surface area contributed by atoms with Crippen LogP contribution in [0, 0.1) is 0 Å². The Morgan fingerprint density at radius 1 is 0.469 bits per heavy atom. The van der Waals surface area contributed by atoms with E-state index in [0.29, 0.717) is 184 Å². The molecular weight excluding hydrogens is 833 g/mol. The Morgan fingerprint density at radius 2 is 0.781 bits per heavy atom. The number of nitrogens with one attached hydrogen (secondary N) is 1. The van der Waals surface area contributed by atoms with Crippen molar-refractivity contribution < 1.29 is 71.1 Å². The molecule has 0 radical (unpaired) electrons. The first kappa shape index (κ1) is 53.8. The number of nitrogens with zero attached hydrogens (tertiary/aromatic N) is 1. The summed E-state index contributed by atoms with van der Waals surface area (Å²) in [6, 6.07) is 16.6. The molecule has 0 spiro atoms. The van der Waals surface area contributed by atoms with E-state index in [4.69, 9.17) is 66.3 Å². The molecule has 0 atom stereocenters. The van der Waals surface area contributed by atoms with E-state index >= 15 is 0 Å². The lowest BCUT2D eigenvalue weighted by Gasteiger charge is -2.22. The molecule has 1 N–H and O–H groups in total. The van der Waals surface area contributed by atoms with Gasteiger partial charge < -0.3 is 76.5 Å². The molecule has 0 aromatic heterocycles. The van der Waals surface area contributed by atoms with Crippen LogP contribution < -0.4 is 5.32 Å². The molecular formula is C47H76N2O15. The van der Waals surface area contributed by atoms with Gasteiger partial charge in [0.25, 0.3) is 0 Å². The average Bonchev–Trinajstić information content (AvgIpc) is 3.65. The van der Waals surface area contributed by atoms with Gasteiger partial charge in [-0.2, -0.15) is 0 Å². The van der Waals surface area contributed by atoms with Crippen LogP contribution in [-0.4, -0.2) is 216 Å². The van der Waals surface area contributed by atoms with Crippen molar-refractivity contribution in [1.29, 1.82) is 0 Å². The second kappa shape index (κ2) is 37.3. The summed E-state index contributed by atoms with van der Waals surface area (Å²) in [7, 11) is 1.71. The lowest BCUT2D eigenvalue weighted by Crippen LogP contribution is -2.33. The normalized spacial score (nSPS) is 14.0. The lowest BCUT2D eigenvalue weighted by atomic mass is 9.98. The van der Waals surface area contributed by atoms with Crippen molar-refractivity contribution in [2.45, 2.75) is 24.9 Å². The van der Waals surface area contributed by atoms with Crippen LogP contribution in [-0.2, 0) is 66.3 Å². The fraction of sp³-hybridized carbons (Fsp3) is 0.723. The SMILES string of the molecule is CN(CCOCCOCCOCCOCCOCCOCCOCCOCCOCCOCCOCCOCCOC1CCNCC1)C(=O)OCC1c2ccccc2-c2ccccc21. The molecule has 0 unspecified atom stereocenters. The Hall–Kier alpha value is -2.85. The number of hydrogen-bond acceptors (Lipinski definition) is 16. The van der Waals surface area contributed by atoms with Crippen LogP contribution in [0.15, 0.2) is 48.5 Å². The van der Waals surface area contributed by atoms with Crippen LogP contribution in [0.2, 0.25) is 0 Å². The van der Waals surface area contributed by atoms with Gasteiger partial charge in [-0.1, -0.05) is 48.5 Å². The van der Waals surface area contributed by atoms with Crippen LogP contribution in [0.4, 0.5) is 4.79 Å². The van der Waals surface area contributed by atoms with E-state index in [1.807, 2.05) is 24.3 Å². The van der Waals surface area contributed by atoms with Crippen molar-refractivity contribution in [2.24, 2.45) is 0 Å². The molecule has 364 valence electrons. The summed E-state index contributed by atoms with van der Waals surface area (Å²) in [6.07, 6.45) is 2.15. The van der Waals surface area contributed by atoms with Crippen molar-refractivity contribution >= 4 is 6.09 Å². The smallest absolute Gasteiger partial charge is 0.409 e. The third kappa shape index (κ3) is 24.6. The summed E-state index contributed by atoms with van der Waals surface area (Å²) in [6.45, 7) is 15.3. The number of ether oxygens (including phenoxy) is 14. The predicted octanol–water partition coefficient (Wildman–Crippen LogP) is 3.84. The third-order valence-electron chi connectivity index (χ3n) is 10.2. The van der Waals surface area contributed by atoms with Crippen molar-refractivity contribution in [2.75, 3.05) is 198 Å². The van der Waals surface area contributed by atoms with Gasteiger partial charge >= 0.3 is 6.09 Å². The van der Waals surface area contributed by atoms with Crippen LogP contribution in [0.25, 0.3) is 11.1 Å². The number of likely N-dealkylation sites (N-methyl/N-ethyl adjacent to an activating group) is 1. The summed E-state index contributed by atoms with van der Waals surface area (Å²) < 4.78 is 77.9. The Balaban J connectivity index is 0.762. The van der Waals surface area contributed by atoms with Crippen molar-refractivity contribution in [3.8, 4) is 11.1 Å². The second-order valence-electron chi connectivity index (χ2n) is 14.9. The molecule has 2 aromatic rings. The quantitative estimate of drug-likeness (QED) is 0.0957. The molecule has 1 amide bonds. The van der Waals surface area contributed by atoms with Gasteiger partial charge in [0.15, 0.2) is 0 Å². The fourth-order valence-corrected chi connectivity index (χ4v) is 6.75. The van der Waals surface area contributed by atoms with Crippen LogP contribution >= 0.6 is 0 Å². The molecule has 4 rings (SSSR count). The third-order valence-corrected chi connectivity index (χ3v) is 10.2. The van der Waals surface area contributed by atoms with Gasteiger partial charge in [0.1, 0.15) is 6.61 Å². The van der Waals surface area contributed by atoms with Gasteiger partial charge in [-0.15, -0.1) is 0 Å². The summed E-state index contributed by atoms with van der Waals surface area (Å²) in [5, 5.41) is 3.33. The van der Waals surface area contributed by atoms with E-state index in [9.17, 15) is 4.79 Å². The minimum absolute atomic E-state index is 0.0358. The summed E-state index contributed by atoms with van der Waals surface area (Å²) in [4.78, 5) is 14.2. The highest BCUT2D eigenvalue weighted by atomic mass is 16.6. The van der Waals surface area contributed by atoms with E-state index in [2.05, 4.69) is 29.6 Å². The zero-order valence-corrected chi connectivity index (χ0v) is 38.3. The minimum Gasteiger partial charge on any atom is -0.448 e. The summed E-state index contributed by atoms with van der Waals surface area (Å²) in [5.41, 5.74) is 4.79. The lowest BCUT2D eigenvalue weighted by molar-refractivity contribution is -0.0328. The van der Waals surface area contributed by atoms with Gasteiger partial charge in [0, 0.05) is 19.5 Å². The van der Waals surface area contributed by atoms with E-state index in [0.717, 1.165) is 25.9 Å². The molecule has 17 heteroatoms. The van der Waals surface area contributed by atoms with Gasteiger partial charge in [-0.25, -0.2) is 4.79 Å². The maximum Gasteiger partial charge on any atom is 0.409 e. The monoisotopic (exact) mass is 909 g/mol. The Kier molecular flexibility index (Phi) is 31.3. The van der Waals surface area contributed by atoms with Gasteiger partial charge in [0.2, 0.25) is 0 Å². The number of piperidine rings is 1. The first-order valence-corrected chi connectivity index (χ1v) is 23.1. The van der Waals surface area contributed by atoms with Crippen LogP contribution in [0.5, 0.6) is 0 Å². The fourth-order valence-electron chi connectivity index (χ4n) is 6.75. The van der Waals surface area contributed by atoms with E-state index < -0.39 is 0 Å². The number of rotatable bonds is 42. The molecule has 2 aliphatic rings. The van der Waals surface area contributed by atoms with Crippen LogP contribution in [0.1, 0.15) is 29.9 Å². The molecule has 64 heavy (non-hydrogen) atoms. The maximum absolute atomic E-state index is 12.6. The predicted molar refractivity (Wildman–Crippen MR) is 239 cm³/mol. The van der Waals surface area contributed by atoms with E-state index in [1.54, 1.807) is 7.05 Å². The molecule has 0 bridgehead atoms. The highest BCUT2D eigenvalue weighted by molar-refractivity contribution is 5.79. The molecule has 1 saturated heterocycles. The topological polar surface area (TPSA) is 162 Å². The minimum atomic E-state index is -0.365. The van der Waals surface area contributed by atoms with Gasteiger partial charge in [0.05, 0.1) is 171 Å². The van der Waals surface area contributed by atoms with Gasteiger partial charge in [-0.05, 0) is 48.2 Å². The number of hydrogen-bond donors (Lipinski definition) is 1. The largest absolute Gasteiger partial charge is 0.448 e. The Bertz CT molecular complexity index is 1380. The Morgan fingerprint density at radius 3 is 1.14 bits per heavy atom. The number of fused-ring (bicyclic) bond motifs is 3. The number of amides is 1. The van der Waals surface area contributed by atoms with E-state index in [-0.39, 0.29) is 12.0 Å². The zero-order chi connectivity index (χ0) is 44.8. The van der Waals surface area contributed by atoms with Crippen LogP contribution in [0.3, 0.4) is 0 Å². The Labute approximate surface area is 380 Å². The number of carbonyl (C=O) groups is 1. The molecule has 0 saturated carbocycles. The highest BCUT2D eigenvalue weighted by Crippen LogP contribution is 2.44. The summed E-state index contributed by atoms with van der Waals surface area (Å²) in [5.74, 6) is 0.0358. The van der Waals surface area contributed by atoms with Crippen molar-refractivity contribution in [1.82, 2.24) is 10.2 Å². The number of benzene rings is 2. The second-order valence-corrected chi connectivity index (χ2v) is 14.9. The highest BCUT2D eigenvalue weighted by Gasteiger charge is 2.29. The maximum atomic E-state index is 12.6. The molecule has 1 aliphatic heterocycles. The first-order chi connectivity index (χ1) is 31.7. The average molecular weight is 909 g/mol. The number of carbonyl (C=O) groups excluding carboxylic acids is 1. The molecule has 17 nitrogen and oxygen atoms in total.